The molecule has 0 saturated carbocycles. The van der Waals surface area contributed by atoms with Gasteiger partial charge in [-0.2, -0.15) is 0 Å². The number of rotatable bonds is 7. The van der Waals surface area contributed by atoms with Gasteiger partial charge in [-0.1, -0.05) is 83.0 Å². The molecule has 1 aromatic heterocycles. The Morgan fingerprint density at radius 1 is 1.06 bits per heavy atom. The molecule has 11 heteroatoms. The minimum atomic E-state index is -2.08. The Labute approximate surface area is 222 Å². The summed E-state index contributed by atoms with van der Waals surface area (Å²) in [5.74, 6) is -0.136. The van der Waals surface area contributed by atoms with Crippen molar-refractivity contribution in [2.75, 3.05) is 11.1 Å². The number of aromatic nitrogens is 2. The predicted octanol–water partition coefficient (Wildman–Crippen LogP) is 5.62. The SMILES string of the molecule is O=C(Nc1cccc([C@@H]2O[C@H](CSc3ncccn3)C[C@H](c3ccc(CO)cc3)O2)c1)C(Cl)(Cl)Cl. The second-order valence-corrected chi connectivity index (χ2v) is 11.0. The van der Waals surface area contributed by atoms with Gasteiger partial charge in [0.1, 0.15) is 0 Å². The van der Waals surface area contributed by atoms with E-state index in [-0.39, 0.29) is 18.8 Å². The number of carbonyl (C=O) groups excluding carboxylic acids is 1. The normalized spacial score (nSPS) is 20.4. The number of aliphatic hydroxyl groups is 1. The van der Waals surface area contributed by atoms with Crippen LogP contribution in [0.4, 0.5) is 5.69 Å². The Hall–Kier alpha value is -1.91. The van der Waals surface area contributed by atoms with Crippen LogP contribution in [0.15, 0.2) is 72.1 Å². The third-order valence-electron chi connectivity index (χ3n) is 5.23. The van der Waals surface area contributed by atoms with Crippen LogP contribution in [-0.2, 0) is 20.9 Å². The number of thioether (sulfide) groups is 1. The summed E-state index contributed by atoms with van der Waals surface area (Å²) in [6.45, 7) is -0.0272. The summed E-state index contributed by atoms with van der Waals surface area (Å²) in [5, 5.41) is 12.6. The third-order valence-corrected chi connectivity index (χ3v) is 6.75. The van der Waals surface area contributed by atoms with Crippen molar-refractivity contribution in [1.29, 1.82) is 0 Å². The van der Waals surface area contributed by atoms with Gasteiger partial charge in [-0.15, -0.1) is 0 Å². The fraction of sp³-hybridized carbons (Fsp3) is 0.292. The van der Waals surface area contributed by atoms with E-state index < -0.39 is 16.0 Å². The number of anilines is 1. The van der Waals surface area contributed by atoms with Gasteiger partial charge in [-0.05, 0) is 29.3 Å². The van der Waals surface area contributed by atoms with E-state index in [0.29, 0.717) is 28.6 Å². The van der Waals surface area contributed by atoms with Crippen LogP contribution in [0.1, 0.15) is 35.5 Å². The molecule has 7 nitrogen and oxygen atoms in total. The molecule has 2 heterocycles. The molecule has 184 valence electrons. The number of alkyl halides is 3. The molecule has 0 bridgehead atoms. The zero-order valence-corrected chi connectivity index (χ0v) is 21.4. The van der Waals surface area contributed by atoms with Crippen LogP contribution in [0.25, 0.3) is 0 Å². The van der Waals surface area contributed by atoms with Crippen molar-refractivity contribution in [3.05, 3.63) is 83.7 Å². The Morgan fingerprint density at radius 3 is 2.49 bits per heavy atom. The molecule has 2 aromatic carbocycles. The lowest BCUT2D eigenvalue weighted by molar-refractivity contribution is -0.245. The molecule has 0 aliphatic carbocycles. The van der Waals surface area contributed by atoms with Gasteiger partial charge in [0.05, 0.1) is 18.8 Å². The fourth-order valence-electron chi connectivity index (χ4n) is 3.52. The van der Waals surface area contributed by atoms with Crippen molar-refractivity contribution in [3.63, 3.8) is 0 Å². The molecule has 0 radical (unpaired) electrons. The van der Waals surface area contributed by atoms with Crippen molar-refractivity contribution in [2.24, 2.45) is 0 Å². The summed E-state index contributed by atoms with van der Waals surface area (Å²) < 4.78 is 10.5. The van der Waals surface area contributed by atoms with Crippen LogP contribution in [0.3, 0.4) is 0 Å². The number of halogens is 3. The second-order valence-electron chi connectivity index (χ2n) is 7.77. The van der Waals surface area contributed by atoms with Crippen LogP contribution in [0.2, 0.25) is 0 Å². The second kappa shape index (κ2) is 11.9. The standard InChI is InChI=1S/C24H22Cl3N3O4S/c25-24(26,27)22(32)30-18-4-1-3-17(11-18)21-33-19(14-35-23-28-9-2-10-29-23)12-20(34-21)16-7-5-15(13-31)6-8-16/h1-11,19-21,31H,12-14H2,(H,30,32)/t19-,20+,21+/m0/s1. The first-order valence-corrected chi connectivity index (χ1v) is 12.8. The minimum absolute atomic E-state index is 0.0272. The van der Waals surface area contributed by atoms with Crippen LogP contribution in [0.5, 0.6) is 0 Å². The topological polar surface area (TPSA) is 93.6 Å². The van der Waals surface area contributed by atoms with E-state index in [0.717, 1.165) is 11.1 Å². The highest BCUT2D eigenvalue weighted by Gasteiger charge is 2.33. The van der Waals surface area contributed by atoms with E-state index in [1.54, 1.807) is 36.7 Å². The highest BCUT2D eigenvalue weighted by molar-refractivity contribution is 7.99. The molecule has 3 aromatic rings. The van der Waals surface area contributed by atoms with Gasteiger partial charge in [-0.25, -0.2) is 9.97 Å². The lowest BCUT2D eigenvalue weighted by Crippen LogP contribution is -2.31. The number of benzene rings is 2. The van der Waals surface area contributed by atoms with Crippen LogP contribution >= 0.6 is 46.6 Å². The first kappa shape index (κ1) is 26.2. The number of hydrogen-bond donors (Lipinski definition) is 2. The maximum Gasteiger partial charge on any atom is 0.276 e. The summed E-state index contributed by atoms with van der Waals surface area (Å²) in [6.07, 6.45) is 2.92. The maximum atomic E-state index is 12.1. The van der Waals surface area contributed by atoms with Gasteiger partial charge >= 0.3 is 0 Å². The quantitative estimate of drug-likeness (QED) is 0.223. The monoisotopic (exact) mass is 553 g/mol. The van der Waals surface area contributed by atoms with Gasteiger partial charge in [0, 0.05) is 35.8 Å². The minimum Gasteiger partial charge on any atom is -0.392 e. The molecular formula is C24H22Cl3N3O4S. The van der Waals surface area contributed by atoms with Gasteiger partial charge < -0.3 is 19.9 Å². The molecule has 3 atom stereocenters. The number of carbonyl (C=O) groups is 1. The number of ether oxygens (including phenoxy) is 2. The van der Waals surface area contributed by atoms with E-state index in [1.165, 1.54) is 11.8 Å². The van der Waals surface area contributed by atoms with Gasteiger partial charge in [0.2, 0.25) is 0 Å². The molecule has 1 amide bonds. The highest BCUT2D eigenvalue weighted by atomic mass is 35.6. The van der Waals surface area contributed by atoms with Gasteiger partial charge in [-0.3, -0.25) is 4.79 Å². The molecule has 4 rings (SSSR count). The lowest BCUT2D eigenvalue weighted by Gasteiger charge is -2.36. The zero-order valence-electron chi connectivity index (χ0n) is 18.3. The first-order chi connectivity index (χ1) is 16.8. The smallest absolute Gasteiger partial charge is 0.276 e. The van der Waals surface area contributed by atoms with Crippen molar-refractivity contribution in [2.45, 2.75) is 40.5 Å². The van der Waals surface area contributed by atoms with Gasteiger partial charge in [0.15, 0.2) is 11.4 Å². The average molecular weight is 555 g/mol. The summed E-state index contributed by atoms with van der Waals surface area (Å²) in [6, 6.07) is 16.4. The van der Waals surface area contributed by atoms with E-state index >= 15 is 0 Å². The Morgan fingerprint density at radius 2 is 1.80 bits per heavy atom. The summed E-state index contributed by atoms with van der Waals surface area (Å²) in [5.41, 5.74) is 2.95. The molecule has 1 fully saturated rings. The van der Waals surface area contributed by atoms with Gasteiger partial charge in [0.25, 0.3) is 9.70 Å². The predicted molar refractivity (Wildman–Crippen MR) is 137 cm³/mol. The van der Waals surface area contributed by atoms with Crippen molar-refractivity contribution in [1.82, 2.24) is 9.97 Å². The van der Waals surface area contributed by atoms with E-state index in [2.05, 4.69) is 15.3 Å². The maximum absolute atomic E-state index is 12.1. The highest BCUT2D eigenvalue weighted by Crippen LogP contribution is 2.39. The lowest BCUT2D eigenvalue weighted by atomic mass is 10.0. The number of amides is 1. The molecule has 1 saturated heterocycles. The van der Waals surface area contributed by atoms with Crippen molar-refractivity contribution >= 4 is 58.2 Å². The van der Waals surface area contributed by atoms with E-state index in [9.17, 15) is 9.90 Å². The average Bonchev–Trinajstić information content (AvgIpc) is 2.87. The van der Waals surface area contributed by atoms with Crippen molar-refractivity contribution < 1.29 is 19.4 Å². The number of aliphatic hydroxyl groups excluding tert-OH is 1. The molecular weight excluding hydrogens is 533 g/mol. The van der Waals surface area contributed by atoms with Crippen molar-refractivity contribution in [3.8, 4) is 0 Å². The Kier molecular flexibility index (Phi) is 8.88. The fourth-order valence-corrected chi connectivity index (χ4v) is 4.48. The largest absolute Gasteiger partial charge is 0.392 e. The zero-order chi connectivity index (χ0) is 24.8. The van der Waals surface area contributed by atoms with Crippen LogP contribution in [0, 0.1) is 0 Å². The van der Waals surface area contributed by atoms with E-state index in [4.69, 9.17) is 44.3 Å². The molecule has 1 aliphatic heterocycles. The third kappa shape index (κ3) is 7.30. The summed E-state index contributed by atoms with van der Waals surface area (Å²) >= 11 is 18.5. The first-order valence-electron chi connectivity index (χ1n) is 10.7. The Bertz CT molecular complexity index is 1130. The van der Waals surface area contributed by atoms with Crippen LogP contribution in [-0.4, -0.2) is 36.6 Å². The van der Waals surface area contributed by atoms with Crippen LogP contribution < -0.4 is 5.32 Å². The molecule has 0 unspecified atom stereocenters. The molecule has 0 spiro atoms. The molecule has 2 N–H and O–H groups in total. The molecule has 35 heavy (non-hydrogen) atoms. The number of nitrogens with zero attached hydrogens (tertiary/aromatic N) is 2. The Balaban J connectivity index is 1.54. The van der Waals surface area contributed by atoms with E-state index in [1.807, 2.05) is 30.3 Å². The summed E-state index contributed by atoms with van der Waals surface area (Å²) in [7, 11) is 0. The number of nitrogens with one attached hydrogen (secondary N) is 1. The number of hydrogen-bond acceptors (Lipinski definition) is 7. The molecule has 1 aliphatic rings. The summed E-state index contributed by atoms with van der Waals surface area (Å²) in [4.78, 5) is 20.6.